The fourth-order valence-electron chi connectivity index (χ4n) is 2.83. The molecule has 1 fully saturated rings. The van der Waals surface area contributed by atoms with Gasteiger partial charge in [0.2, 0.25) is 0 Å². The molecule has 1 saturated heterocycles. The van der Waals surface area contributed by atoms with E-state index in [1.807, 2.05) is 29.2 Å². The number of carbonyl (C=O) groups excluding carboxylic acids is 1. The van der Waals surface area contributed by atoms with Crippen molar-refractivity contribution in [2.45, 2.75) is 18.9 Å². The number of nitrogen functional groups attached to an aromatic ring is 1. The number of ether oxygens (including phenoxy) is 1. The lowest BCUT2D eigenvalue weighted by Crippen LogP contribution is -2.37. The lowest BCUT2D eigenvalue weighted by molar-refractivity contribution is -0.141. The number of nitrogens with two attached hydrogens (primary N) is 1. The van der Waals surface area contributed by atoms with Crippen LogP contribution in [0.2, 0.25) is 0 Å². The van der Waals surface area contributed by atoms with Crippen LogP contribution in [0.15, 0.2) is 30.5 Å². The Morgan fingerprint density at radius 3 is 2.90 bits per heavy atom. The van der Waals surface area contributed by atoms with Crippen LogP contribution in [-0.2, 0) is 9.53 Å². The van der Waals surface area contributed by atoms with Crippen LogP contribution in [0.5, 0.6) is 0 Å². The molecule has 2 heterocycles. The van der Waals surface area contributed by atoms with Gasteiger partial charge >= 0.3 is 5.97 Å². The van der Waals surface area contributed by atoms with Crippen molar-refractivity contribution in [3.8, 4) is 0 Å². The van der Waals surface area contributed by atoms with Crippen LogP contribution in [0.1, 0.15) is 12.8 Å². The third-order valence-corrected chi connectivity index (χ3v) is 3.80. The summed E-state index contributed by atoms with van der Waals surface area (Å²) in [6.07, 6.45) is 3.41. The zero-order valence-corrected chi connectivity index (χ0v) is 11.4. The van der Waals surface area contributed by atoms with Crippen LogP contribution < -0.4 is 10.6 Å². The molecule has 0 amide bonds. The first-order chi connectivity index (χ1) is 9.72. The van der Waals surface area contributed by atoms with E-state index in [2.05, 4.69) is 4.98 Å². The molecule has 0 saturated carbocycles. The molecule has 5 nitrogen and oxygen atoms in total. The normalized spacial score (nSPS) is 18.4. The van der Waals surface area contributed by atoms with E-state index < -0.39 is 0 Å². The van der Waals surface area contributed by atoms with Gasteiger partial charge in [0.25, 0.3) is 0 Å². The Bertz CT molecular complexity index is 657. The molecule has 2 aromatic rings. The van der Waals surface area contributed by atoms with Crippen molar-refractivity contribution in [1.29, 1.82) is 0 Å². The second kappa shape index (κ2) is 5.00. The molecular formula is C15H17N3O2. The smallest absolute Gasteiger partial charge is 0.328 e. The van der Waals surface area contributed by atoms with Crippen molar-refractivity contribution in [2.24, 2.45) is 0 Å². The van der Waals surface area contributed by atoms with Crippen molar-refractivity contribution >= 4 is 28.2 Å². The summed E-state index contributed by atoms with van der Waals surface area (Å²) in [4.78, 5) is 18.4. The highest BCUT2D eigenvalue weighted by Crippen LogP contribution is 2.32. The maximum absolute atomic E-state index is 11.9. The van der Waals surface area contributed by atoms with Gasteiger partial charge in [-0.3, -0.25) is 0 Å². The monoisotopic (exact) mass is 271 g/mol. The summed E-state index contributed by atoms with van der Waals surface area (Å²) in [5.74, 6) is 0.605. The number of esters is 1. The fourth-order valence-corrected chi connectivity index (χ4v) is 2.83. The van der Waals surface area contributed by atoms with Gasteiger partial charge in [-0.25, -0.2) is 9.78 Å². The summed E-state index contributed by atoms with van der Waals surface area (Å²) in [5, 5.41) is 1.94. The molecule has 3 rings (SSSR count). The number of hydrogen-bond acceptors (Lipinski definition) is 5. The van der Waals surface area contributed by atoms with E-state index in [1.54, 1.807) is 6.20 Å². The first-order valence-corrected chi connectivity index (χ1v) is 6.70. The molecule has 0 radical (unpaired) electrons. The average molecular weight is 271 g/mol. The predicted octanol–water partition coefficient (Wildman–Crippen LogP) is 1.96. The number of nitrogens with zero attached hydrogens (tertiary/aromatic N) is 2. The van der Waals surface area contributed by atoms with Gasteiger partial charge in [0.05, 0.1) is 19.0 Å². The number of aromatic nitrogens is 1. The summed E-state index contributed by atoms with van der Waals surface area (Å²) >= 11 is 0. The van der Waals surface area contributed by atoms with E-state index in [4.69, 9.17) is 10.5 Å². The minimum absolute atomic E-state index is 0.204. The molecular weight excluding hydrogens is 254 g/mol. The standard InChI is InChI=1S/C15H17N3O2/c1-20-15(19)13-7-4-8-18(13)14-11-6-3-2-5-10(11)12(16)9-17-14/h2-3,5-6,9,13H,4,7-8,16H2,1H3/t13-/m0/s1. The van der Waals surface area contributed by atoms with Crippen molar-refractivity contribution in [3.05, 3.63) is 30.5 Å². The molecule has 5 heteroatoms. The Morgan fingerprint density at radius 2 is 2.15 bits per heavy atom. The topological polar surface area (TPSA) is 68.5 Å². The Hall–Kier alpha value is -2.30. The average Bonchev–Trinajstić information content (AvgIpc) is 2.96. The van der Waals surface area contributed by atoms with E-state index in [0.29, 0.717) is 5.69 Å². The second-order valence-corrected chi connectivity index (χ2v) is 4.96. The Morgan fingerprint density at radius 1 is 1.40 bits per heavy atom. The molecule has 0 unspecified atom stereocenters. The molecule has 1 aliphatic rings. The highest BCUT2D eigenvalue weighted by atomic mass is 16.5. The van der Waals surface area contributed by atoms with Crippen molar-refractivity contribution in [1.82, 2.24) is 4.98 Å². The number of rotatable bonds is 2. The van der Waals surface area contributed by atoms with E-state index in [1.165, 1.54) is 7.11 Å². The van der Waals surface area contributed by atoms with Crippen LogP contribution in [0.25, 0.3) is 10.8 Å². The Balaban J connectivity index is 2.10. The zero-order valence-electron chi connectivity index (χ0n) is 11.4. The summed E-state index contributed by atoms with van der Waals surface area (Å²) in [6, 6.07) is 7.61. The SMILES string of the molecule is COC(=O)[C@@H]1CCCN1c1ncc(N)c2ccccc12. The molecule has 104 valence electrons. The van der Waals surface area contributed by atoms with Crippen LogP contribution >= 0.6 is 0 Å². The number of hydrogen-bond donors (Lipinski definition) is 1. The van der Waals surface area contributed by atoms with Crippen LogP contribution in [0.3, 0.4) is 0 Å². The summed E-state index contributed by atoms with van der Waals surface area (Å²) < 4.78 is 4.89. The van der Waals surface area contributed by atoms with Gasteiger partial charge in [-0.05, 0) is 12.8 Å². The van der Waals surface area contributed by atoms with Gasteiger partial charge in [0.1, 0.15) is 11.9 Å². The number of benzene rings is 1. The molecule has 1 atom stereocenters. The van der Waals surface area contributed by atoms with E-state index in [-0.39, 0.29) is 12.0 Å². The van der Waals surface area contributed by atoms with Gasteiger partial charge in [0, 0.05) is 17.3 Å². The number of carbonyl (C=O) groups is 1. The van der Waals surface area contributed by atoms with E-state index >= 15 is 0 Å². The van der Waals surface area contributed by atoms with Crippen LogP contribution in [0, 0.1) is 0 Å². The molecule has 0 spiro atoms. The minimum atomic E-state index is -0.250. The molecule has 1 aromatic heterocycles. The second-order valence-electron chi connectivity index (χ2n) is 4.96. The van der Waals surface area contributed by atoms with Crippen molar-refractivity contribution in [3.63, 3.8) is 0 Å². The quantitative estimate of drug-likeness (QED) is 0.846. The molecule has 2 N–H and O–H groups in total. The summed E-state index contributed by atoms with van der Waals surface area (Å²) in [6.45, 7) is 0.806. The minimum Gasteiger partial charge on any atom is -0.467 e. The highest BCUT2D eigenvalue weighted by Gasteiger charge is 2.33. The number of fused-ring (bicyclic) bond motifs is 1. The van der Waals surface area contributed by atoms with Gasteiger partial charge in [-0.2, -0.15) is 0 Å². The summed E-state index contributed by atoms with van der Waals surface area (Å²) in [5.41, 5.74) is 6.62. The Kier molecular flexibility index (Phi) is 3.18. The summed E-state index contributed by atoms with van der Waals surface area (Å²) in [7, 11) is 1.42. The number of anilines is 2. The highest BCUT2D eigenvalue weighted by molar-refractivity contribution is 6.00. The van der Waals surface area contributed by atoms with Crippen LogP contribution in [-0.4, -0.2) is 30.6 Å². The predicted molar refractivity (Wildman–Crippen MR) is 78.5 cm³/mol. The van der Waals surface area contributed by atoms with Gasteiger partial charge < -0.3 is 15.4 Å². The van der Waals surface area contributed by atoms with E-state index in [9.17, 15) is 4.79 Å². The molecule has 20 heavy (non-hydrogen) atoms. The van der Waals surface area contributed by atoms with Gasteiger partial charge in [-0.1, -0.05) is 24.3 Å². The third kappa shape index (κ3) is 1.95. The third-order valence-electron chi connectivity index (χ3n) is 3.80. The molecule has 0 bridgehead atoms. The lowest BCUT2D eigenvalue weighted by atomic mass is 10.1. The zero-order chi connectivity index (χ0) is 14.1. The van der Waals surface area contributed by atoms with Gasteiger partial charge in [-0.15, -0.1) is 0 Å². The van der Waals surface area contributed by atoms with Crippen LogP contribution in [0.4, 0.5) is 11.5 Å². The Labute approximate surface area is 117 Å². The molecule has 1 aromatic carbocycles. The van der Waals surface area contributed by atoms with Crippen molar-refractivity contribution < 1.29 is 9.53 Å². The van der Waals surface area contributed by atoms with E-state index in [0.717, 1.165) is 36.0 Å². The first-order valence-electron chi connectivity index (χ1n) is 6.70. The maximum Gasteiger partial charge on any atom is 0.328 e. The maximum atomic E-state index is 11.9. The number of methoxy groups -OCH3 is 1. The molecule has 0 aliphatic carbocycles. The first kappa shape index (κ1) is 12.7. The van der Waals surface area contributed by atoms with Gasteiger partial charge in [0.15, 0.2) is 0 Å². The molecule has 1 aliphatic heterocycles. The largest absolute Gasteiger partial charge is 0.467 e. The fraction of sp³-hybridized carbons (Fsp3) is 0.333. The van der Waals surface area contributed by atoms with Crippen molar-refractivity contribution in [2.75, 3.05) is 24.3 Å². The lowest BCUT2D eigenvalue weighted by Gasteiger charge is -2.25. The number of pyridine rings is 1.